The molecule has 1 aliphatic rings. The molecule has 0 aliphatic heterocycles. The first kappa shape index (κ1) is 15.3. The van der Waals surface area contributed by atoms with E-state index in [1.807, 2.05) is 11.8 Å². The van der Waals surface area contributed by atoms with Crippen LogP contribution in [-0.2, 0) is 0 Å². The third-order valence-corrected chi connectivity index (χ3v) is 4.84. The highest BCUT2D eigenvalue weighted by atomic mass is 32.2. The van der Waals surface area contributed by atoms with Crippen molar-refractivity contribution in [3.05, 3.63) is 0 Å². The second-order valence-corrected chi connectivity index (χ2v) is 6.98. The maximum Gasteiger partial charge on any atom is 0.00795 e. The zero-order valence-electron chi connectivity index (χ0n) is 12.0. The summed E-state index contributed by atoms with van der Waals surface area (Å²) in [5, 5.41) is 0. The Morgan fingerprint density at radius 2 is 2.06 bits per heavy atom. The minimum Gasteiger partial charge on any atom is -0.327 e. The summed E-state index contributed by atoms with van der Waals surface area (Å²) in [5.74, 6) is 3.66. The molecule has 0 bridgehead atoms. The fourth-order valence-electron chi connectivity index (χ4n) is 2.88. The van der Waals surface area contributed by atoms with Gasteiger partial charge in [-0.2, -0.15) is 11.8 Å². The molecule has 17 heavy (non-hydrogen) atoms. The van der Waals surface area contributed by atoms with E-state index < -0.39 is 0 Å². The average molecular weight is 258 g/mol. The smallest absolute Gasteiger partial charge is 0.00795 e. The molecule has 0 aromatic carbocycles. The summed E-state index contributed by atoms with van der Waals surface area (Å²) in [4.78, 5) is 2.46. The lowest BCUT2D eigenvalue weighted by Crippen LogP contribution is -2.43. The van der Waals surface area contributed by atoms with Gasteiger partial charge in [-0.3, -0.25) is 0 Å². The topological polar surface area (TPSA) is 29.3 Å². The summed E-state index contributed by atoms with van der Waals surface area (Å²) in [7, 11) is 2.24. The highest BCUT2D eigenvalue weighted by Crippen LogP contribution is 2.33. The predicted molar refractivity (Wildman–Crippen MR) is 79.5 cm³/mol. The second-order valence-electron chi connectivity index (χ2n) is 6.00. The Morgan fingerprint density at radius 1 is 1.35 bits per heavy atom. The maximum atomic E-state index is 6.29. The van der Waals surface area contributed by atoms with Gasteiger partial charge in [0.05, 0.1) is 0 Å². The van der Waals surface area contributed by atoms with Crippen LogP contribution < -0.4 is 5.73 Å². The third-order valence-electron chi connectivity index (χ3n) is 4.25. The monoisotopic (exact) mass is 258 g/mol. The normalized spacial score (nSPS) is 30.2. The SMILES string of the molecule is CSCCN(C)CC1CC(C(C)C)CCC1N. The van der Waals surface area contributed by atoms with Crippen LogP contribution in [0.3, 0.4) is 0 Å². The highest BCUT2D eigenvalue weighted by Gasteiger charge is 2.30. The molecule has 2 N–H and O–H groups in total. The Kier molecular flexibility index (Phi) is 6.90. The third kappa shape index (κ3) is 5.19. The summed E-state index contributed by atoms with van der Waals surface area (Å²) < 4.78 is 0. The molecule has 3 heteroatoms. The molecule has 0 aromatic rings. The molecule has 3 atom stereocenters. The van der Waals surface area contributed by atoms with Crippen molar-refractivity contribution in [2.45, 2.75) is 39.2 Å². The molecule has 0 saturated heterocycles. The maximum absolute atomic E-state index is 6.29. The molecule has 0 amide bonds. The van der Waals surface area contributed by atoms with Crippen LogP contribution in [0.1, 0.15) is 33.1 Å². The molecule has 0 spiro atoms. The van der Waals surface area contributed by atoms with Crippen molar-refractivity contribution < 1.29 is 0 Å². The summed E-state index contributed by atoms with van der Waals surface area (Å²) in [5.41, 5.74) is 6.29. The minimum absolute atomic E-state index is 0.432. The van der Waals surface area contributed by atoms with Crippen molar-refractivity contribution in [1.29, 1.82) is 0 Å². The number of hydrogen-bond acceptors (Lipinski definition) is 3. The molecule has 3 unspecified atom stereocenters. The van der Waals surface area contributed by atoms with Crippen LogP contribution in [0.2, 0.25) is 0 Å². The van der Waals surface area contributed by atoms with E-state index in [9.17, 15) is 0 Å². The highest BCUT2D eigenvalue weighted by molar-refractivity contribution is 7.98. The Bertz CT molecular complexity index is 208. The van der Waals surface area contributed by atoms with E-state index >= 15 is 0 Å². The van der Waals surface area contributed by atoms with Gasteiger partial charge in [0.25, 0.3) is 0 Å². The van der Waals surface area contributed by atoms with Crippen LogP contribution >= 0.6 is 11.8 Å². The zero-order chi connectivity index (χ0) is 12.8. The van der Waals surface area contributed by atoms with Crippen molar-refractivity contribution in [3.63, 3.8) is 0 Å². The summed E-state index contributed by atoms with van der Waals surface area (Å²) >= 11 is 1.93. The summed E-state index contributed by atoms with van der Waals surface area (Å²) in [6.07, 6.45) is 6.07. The van der Waals surface area contributed by atoms with E-state index in [1.54, 1.807) is 0 Å². The molecule has 102 valence electrons. The van der Waals surface area contributed by atoms with Crippen molar-refractivity contribution in [3.8, 4) is 0 Å². The van der Waals surface area contributed by atoms with Gasteiger partial charge in [-0.1, -0.05) is 13.8 Å². The van der Waals surface area contributed by atoms with E-state index in [1.165, 1.54) is 38.1 Å². The fraction of sp³-hybridized carbons (Fsp3) is 1.00. The Labute approximate surface area is 112 Å². The first-order valence-corrected chi connectivity index (χ1v) is 8.37. The van der Waals surface area contributed by atoms with Gasteiger partial charge in [0.1, 0.15) is 0 Å². The number of hydrogen-bond donors (Lipinski definition) is 1. The van der Waals surface area contributed by atoms with Crippen molar-refractivity contribution >= 4 is 11.8 Å². The molecule has 0 heterocycles. The molecule has 1 fully saturated rings. The van der Waals surface area contributed by atoms with Gasteiger partial charge < -0.3 is 10.6 Å². The van der Waals surface area contributed by atoms with Crippen LogP contribution in [0, 0.1) is 17.8 Å². The molecule has 0 aromatic heterocycles. The predicted octanol–water partition coefficient (Wildman–Crippen LogP) is 2.68. The lowest BCUT2D eigenvalue weighted by molar-refractivity contribution is 0.152. The second kappa shape index (κ2) is 7.65. The van der Waals surface area contributed by atoms with Crippen LogP contribution in [-0.4, -0.2) is 43.1 Å². The molecule has 0 radical (unpaired) electrons. The van der Waals surface area contributed by atoms with Gasteiger partial charge in [0.2, 0.25) is 0 Å². The molecule has 1 aliphatic carbocycles. The van der Waals surface area contributed by atoms with Gasteiger partial charge in [-0.05, 0) is 50.3 Å². The quantitative estimate of drug-likeness (QED) is 0.794. The van der Waals surface area contributed by atoms with Gasteiger partial charge in [-0.25, -0.2) is 0 Å². The van der Waals surface area contributed by atoms with Gasteiger partial charge >= 0.3 is 0 Å². The Balaban J connectivity index is 2.38. The molecular weight excluding hydrogens is 228 g/mol. The van der Waals surface area contributed by atoms with E-state index in [-0.39, 0.29) is 0 Å². The number of thioether (sulfide) groups is 1. The first-order chi connectivity index (χ1) is 8.04. The Morgan fingerprint density at radius 3 is 2.65 bits per heavy atom. The van der Waals surface area contributed by atoms with Crippen LogP contribution in [0.25, 0.3) is 0 Å². The molecular formula is C14H30N2S. The van der Waals surface area contributed by atoms with E-state index in [2.05, 4.69) is 32.1 Å². The molecule has 1 rings (SSSR count). The fourth-order valence-corrected chi connectivity index (χ4v) is 3.37. The van der Waals surface area contributed by atoms with Crippen LogP contribution in [0.15, 0.2) is 0 Å². The minimum atomic E-state index is 0.432. The number of nitrogens with two attached hydrogens (primary N) is 1. The van der Waals surface area contributed by atoms with E-state index in [4.69, 9.17) is 5.73 Å². The molecule has 1 saturated carbocycles. The summed E-state index contributed by atoms with van der Waals surface area (Å²) in [6.45, 7) is 7.09. The van der Waals surface area contributed by atoms with Crippen LogP contribution in [0.4, 0.5) is 0 Å². The number of nitrogens with zero attached hydrogens (tertiary/aromatic N) is 1. The van der Waals surface area contributed by atoms with Gasteiger partial charge in [0.15, 0.2) is 0 Å². The van der Waals surface area contributed by atoms with E-state index in [0.717, 1.165) is 11.8 Å². The largest absolute Gasteiger partial charge is 0.327 e. The first-order valence-electron chi connectivity index (χ1n) is 6.97. The van der Waals surface area contributed by atoms with Crippen molar-refractivity contribution in [2.24, 2.45) is 23.5 Å². The average Bonchev–Trinajstić information content (AvgIpc) is 2.29. The zero-order valence-corrected chi connectivity index (χ0v) is 12.8. The summed E-state index contributed by atoms with van der Waals surface area (Å²) in [6, 6.07) is 0.432. The van der Waals surface area contributed by atoms with Crippen molar-refractivity contribution in [1.82, 2.24) is 4.90 Å². The lowest BCUT2D eigenvalue weighted by Gasteiger charge is -2.38. The van der Waals surface area contributed by atoms with Crippen molar-refractivity contribution in [2.75, 3.05) is 32.1 Å². The number of rotatable bonds is 6. The lowest BCUT2D eigenvalue weighted by atomic mass is 9.74. The molecule has 2 nitrogen and oxygen atoms in total. The van der Waals surface area contributed by atoms with E-state index in [0.29, 0.717) is 12.0 Å². The van der Waals surface area contributed by atoms with Gasteiger partial charge in [0, 0.05) is 24.9 Å². The van der Waals surface area contributed by atoms with Crippen LogP contribution in [0.5, 0.6) is 0 Å². The Hall–Kier alpha value is 0.270. The standard InChI is InChI=1S/C14H30N2S/c1-11(2)12-5-6-14(15)13(9-12)10-16(3)7-8-17-4/h11-14H,5-10,15H2,1-4H3. The van der Waals surface area contributed by atoms with Gasteiger partial charge in [-0.15, -0.1) is 0 Å².